The van der Waals surface area contributed by atoms with Crippen molar-refractivity contribution in [1.82, 2.24) is 0 Å². The van der Waals surface area contributed by atoms with Crippen LogP contribution in [0.2, 0.25) is 0 Å². The average Bonchev–Trinajstić information content (AvgIpc) is 2.25. The van der Waals surface area contributed by atoms with E-state index in [4.69, 9.17) is 4.74 Å². The van der Waals surface area contributed by atoms with Gasteiger partial charge in [-0.15, -0.1) is 0 Å². The number of benzene rings is 1. The zero-order valence-corrected chi connectivity index (χ0v) is 9.95. The molecular weight excluding hydrogens is 200 g/mol. The lowest BCUT2D eigenvalue weighted by Crippen LogP contribution is -2.30. The van der Waals surface area contributed by atoms with Crippen LogP contribution >= 0.6 is 0 Å². The summed E-state index contributed by atoms with van der Waals surface area (Å²) in [6.45, 7) is 4.08. The van der Waals surface area contributed by atoms with Crippen LogP contribution in [0, 0.1) is 13.8 Å². The van der Waals surface area contributed by atoms with Gasteiger partial charge in [0.05, 0.1) is 0 Å². The summed E-state index contributed by atoms with van der Waals surface area (Å²) in [7, 11) is 0. The summed E-state index contributed by atoms with van der Waals surface area (Å²) in [5.74, 6) is 1.11. The Hall–Kier alpha value is -1.31. The largest absolute Gasteiger partial charge is 0.482 e. The van der Waals surface area contributed by atoms with Crippen molar-refractivity contribution in [3.8, 4) is 5.75 Å². The molecule has 0 N–H and O–H groups in total. The first-order valence-electron chi connectivity index (χ1n) is 5.93. The van der Waals surface area contributed by atoms with Crippen molar-refractivity contribution >= 4 is 5.78 Å². The average molecular weight is 218 g/mol. The fourth-order valence-electron chi connectivity index (χ4n) is 2.16. The Balaban J connectivity index is 2.10. The molecule has 0 bridgehead atoms. The molecule has 1 fully saturated rings. The SMILES string of the molecule is Cc1ccc(OC2CCCCC2=O)c(C)c1. The monoisotopic (exact) mass is 218 g/mol. The number of carbonyl (C=O) groups excluding carboxylic acids is 1. The highest BCUT2D eigenvalue weighted by atomic mass is 16.5. The van der Waals surface area contributed by atoms with Crippen LogP contribution in [-0.4, -0.2) is 11.9 Å². The van der Waals surface area contributed by atoms with Crippen LogP contribution in [-0.2, 0) is 4.79 Å². The lowest BCUT2D eigenvalue weighted by molar-refractivity contribution is -0.127. The van der Waals surface area contributed by atoms with Gasteiger partial charge in [0, 0.05) is 6.42 Å². The van der Waals surface area contributed by atoms with Gasteiger partial charge in [0.15, 0.2) is 11.9 Å². The molecule has 0 amide bonds. The maximum Gasteiger partial charge on any atom is 0.173 e. The Bertz CT molecular complexity index is 396. The predicted molar refractivity (Wildman–Crippen MR) is 63.8 cm³/mol. The van der Waals surface area contributed by atoms with Crippen LogP contribution in [0.25, 0.3) is 0 Å². The third kappa shape index (κ3) is 2.43. The van der Waals surface area contributed by atoms with Crippen molar-refractivity contribution in [3.05, 3.63) is 29.3 Å². The zero-order valence-electron chi connectivity index (χ0n) is 9.95. The zero-order chi connectivity index (χ0) is 11.5. The van der Waals surface area contributed by atoms with Crippen LogP contribution in [0.1, 0.15) is 36.8 Å². The van der Waals surface area contributed by atoms with E-state index in [1.807, 2.05) is 19.1 Å². The van der Waals surface area contributed by atoms with Gasteiger partial charge < -0.3 is 4.74 Å². The fraction of sp³-hybridized carbons (Fsp3) is 0.500. The standard InChI is InChI=1S/C14H18O2/c1-10-7-8-13(11(2)9-10)16-14-6-4-3-5-12(14)15/h7-9,14H,3-6H2,1-2H3. The van der Waals surface area contributed by atoms with Gasteiger partial charge in [0.1, 0.15) is 5.75 Å². The summed E-state index contributed by atoms with van der Waals surface area (Å²) in [6, 6.07) is 6.07. The van der Waals surface area contributed by atoms with Gasteiger partial charge in [0.2, 0.25) is 0 Å². The first-order chi connectivity index (χ1) is 7.66. The van der Waals surface area contributed by atoms with E-state index in [1.54, 1.807) is 0 Å². The fourth-order valence-corrected chi connectivity index (χ4v) is 2.16. The molecule has 1 unspecified atom stereocenters. The van der Waals surface area contributed by atoms with Crippen molar-refractivity contribution in [2.45, 2.75) is 45.6 Å². The van der Waals surface area contributed by atoms with E-state index < -0.39 is 0 Å². The summed E-state index contributed by atoms with van der Waals surface area (Å²) in [4.78, 5) is 11.7. The van der Waals surface area contributed by atoms with Gasteiger partial charge in [-0.1, -0.05) is 17.7 Å². The number of ether oxygens (including phenoxy) is 1. The van der Waals surface area contributed by atoms with Gasteiger partial charge >= 0.3 is 0 Å². The van der Waals surface area contributed by atoms with Crippen LogP contribution in [0.5, 0.6) is 5.75 Å². The van der Waals surface area contributed by atoms with Gasteiger partial charge in [-0.05, 0) is 44.7 Å². The Morgan fingerprint density at radius 2 is 2.06 bits per heavy atom. The van der Waals surface area contributed by atoms with Crippen molar-refractivity contribution in [2.24, 2.45) is 0 Å². The molecule has 0 saturated heterocycles. The number of Topliss-reactive ketones (excluding diaryl/α,β-unsaturated/α-hetero) is 1. The van der Waals surface area contributed by atoms with E-state index in [0.717, 1.165) is 30.6 Å². The number of ketones is 1. The van der Waals surface area contributed by atoms with Crippen LogP contribution in [0.3, 0.4) is 0 Å². The number of carbonyl (C=O) groups is 1. The summed E-state index contributed by atoms with van der Waals surface area (Å²) in [6.07, 6.45) is 3.45. The Labute approximate surface area is 96.6 Å². The molecular formula is C14H18O2. The molecule has 0 radical (unpaired) electrons. The predicted octanol–water partition coefficient (Wildman–Crippen LogP) is 3.19. The van der Waals surface area contributed by atoms with E-state index in [1.165, 1.54) is 5.56 Å². The Morgan fingerprint density at radius 3 is 2.75 bits per heavy atom. The van der Waals surface area contributed by atoms with Gasteiger partial charge in [-0.2, -0.15) is 0 Å². The third-order valence-electron chi connectivity index (χ3n) is 3.10. The van der Waals surface area contributed by atoms with Gasteiger partial charge in [-0.3, -0.25) is 4.79 Å². The molecule has 0 aromatic heterocycles. The van der Waals surface area contributed by atoms with Crippen LogP contribution < -0.4 is 4.74 Å². The molecule has 1 saturated carbocycles. The molecule has 1 aromatic rings. The lowest BCUT2D eigenvalue weighted by Gasteiger charge is -2.22. The normalized spacial score (nSPS) is 20.9. The molecule has 2 rings (SSSR count). The second-order valence-electron chi connectivity index (χ2n) is 4.59. The molecule has 0 aliphatic heterocycles. The summed E-state index contributed by atoms with van der Waals surface area (Å²) < 4.78 is 5.80. The smallest absolute Gasteiger partial charge is 0.173 e. The van der Waals surface area contributed by atoms with Crippen molar-refractivity contribution in [3.63, 3.8) is 0 Å². The van der Waals surface area contributed by atoms with Crippen LogP contribution in [0.15, 0.2) is 18.2 Å². The number of hydrogen-bond donors (Lipinski definition) is 0. The molecule has 0 spiro atoms. The van der Waals surface area contributed by atoms with E-state index >= 15 is 0 Å². The second kappa shape index (κ2) is 4.69. The molecule has 86 valence electrons. The minimum atomic E-state index is -0.213. The van der Waals surface area contributed by atoms with Crippen molar-refractivity contribution in [2.75, 3.05) is 0 Å². The number of rotatable bonds is 2. The summed E-state index contributed by atoms with van der Waals surface area (Å²) >= 11 is 0. The van der Waals surface area contributed by atoms with Gasteiger partial charge in [0.25, 0.3) is 0 Å². The highest BCUT2D eigenvalue weighted by molar-refractivity contribution is 5.84. The summed E-state index contributed by atoms with van der Waals surface area (Å²) in [5.41, 5.74) is 2.33. The molecule has 0 heterocycles. The minimum absolute atomic E-state index is 0.213. The third-order valence-corrected chi connectivity index (χ3v) is 3.10. The highest BCUT2D eigenvalue weighted by Gasteiger charge is 2.24. The molecule has 2 nitrogen and oxygen atoms in total. The molecule has 1 aliphatic carbocycles. The lowest BCUT2D eigenvalue weighted by atomic mass is 9.96. The van der Waals surface area contributed by atoms with Crippen molar-refractivity contribution < 1.29 is 9.53 Å². The minimum Gasteiger partial charge on any atom is -0.482 e. The highest BCUT2D eigenvalue weighted by Crippen LogP contribution is 2.24. The van der Waals surface area contributed by atoms with E-state index in [-0.39, 0.29) is 11.9 Å². The van der Waals surface area contributed by atoms with E-state index in [0.29, 0.717) is 6.42 Å². The molecule has 16 heavy (non-hydrogen) atoms. The molecule has 1 aromatic carbocycles. The molecule has 1 aliphatic rings. The second-order valence-corrected chi connectivity index (χ2v) is 4.59. The first-order valence-corrected chi connectivity index (χ1v) is 5.93. The topological polar surface area (TPSA) is 26.3 Å². The number of aryl methyl sites for hydroxylation is 2. The maximum absolute atomic E-state index is 11.7. The Kier molecular flexibility index (Phi) is 3.28. The quantitative estimate of drug-likeness (QED) is 0.762. The van der Waals surface area contributed by atoms with E-state index in [9.17, 15) is 4.79 Å². The number of hydrogen-bond acceptors (Lipinski definition) is 2. The van der Waals surface area contributed by atoms with Gasteiger partial charge in [-0.25, -0.2) is 0 Å². The van der Waals surface area contributed by atoms with E-state index in [2.05, 4.69) is 13.0 Å². The molecule has 1 atom stereocenters. The van der Waals surface area contributed by atoms with Crippen molar-refractivity contribution in [1.29, 1.82) is 0 Å². The van der Waals surface area contributed by atoms with Crippen LogP contribution in [0.4, 0.5) is 0 Å². The molecule has 2 heteroatoms. The Morgan fingerprint density at radius 1 is 1.25 bits per heavy atom. The first kappa shape index (κ1) is 11.2. The summed E-state index contributed by atoms with van der Waals surface area (Å²) in [5, 5.41) is 0. The maximum atomic E-state index is 11.7.